The molecule has 0 aromatic heterocycles. The lowest BCUT2D eigenvalue weighted by atomic mass is 9.69. The van der Waals surface area contributed by atoms with Crippen molar-refractivity contribution in [3.63, 3.8) is 0 Å². The Hall–Kier alpha value is -3.00. The van der Waals surface area contributed by atoms with Gasteiger partial charge in [-0.1, -0.05) is 19.1 Å². The van der Waals surface area contributed by atoms with Gasteiger partial charge in [0.2, 0.25) is 0 Å². The largest absolute Gasteiger partial charge is 0.468 e. The molecule has 3 atom stereocenters. The lowest BCUT2D eigenvalue weighted by Gasteiger charge is -2.38. The second-order valence-corrected chi connectivity index (χ2v) is 7.92. The Bertz CT molecular complexity index is 965. The molecule has 1 aromatic carbocycles. The van der Waals surface area contributed by atoms with Crippen LogP contribution < -0.4 is 5.32 Å². The van der Waals surface area contributed by atoms with Gasteiger partial charge in [0.1, 0.15) is 18.3 Å². The highest BCUT2D eigenvalue weighted by molar-refractivity contribution is 6.12. The molecule has 1 aliphatic heterocycles. The zero-order valence-electron chi connectivity index (χ0n) is 18.7. The molecular formula is C24H28FNO6. The van der Waals surface area contributed by atoms with Crippen molar-refractivity contribution in [2.75, 3.05) is 26.9 Å². The number of carbonyl (C=O) groups is 3. The van der Waals surface area contributed by atoms with E-state index in [9.17, 15) is 18.8 Å². The molecule has 32 heavy (non-hydrogen) atoms. The molecule has 0 bridgehead atoms. The van der Waals surface area contributed by atoms with E-state index in [4.69, 9.17) is 14.2 Å². The number of rotatable bonds is 7. The molecular weight excluding hydrogens is 417 g/mol. The van der Waals surface area contributed by atoms with Gasteiger partial charge in [-0.25, -0.2) is 9.18 Å². The van der Waals surface area contributed by atoms with E-state index in [1.807, 2.05) is 13.8 Å². The number of ketones is 1. The highest BCUT2D eigenvalue weighted by atomic mass is 19.1. The van der Waals surface area contributed by atoms with Crippen LogP contribution in [-0.2, 0) is 28.6 Å². The second-order valence-electron chi connectivity index (χ2n) is 7.92. The number of ether oxygens (including phenoxy) is 3. The SMILES string of the molecule is CCOCCOC(=O)C1=C(C)NC2=C(C(=O)[C@@H](C(=O)OC)[C@H](C)C2)[C@H]1c1ccc(F)cc1. The molecule has 0 saturated carbocycles. The van der Waals surface area contributed by atoms with Crippen molar-refractivity contribution in [2.24, 2.45) is 11.8 Å². The first-order chi connectivity index (χ1) is 15.3. The average molecular weight is 445 g/mol. The van der Waals surface area contributed by atoms with Crippen LogP contribution in [0, 0.1) is 17.7 Å². The topological polar surface area (TPSA) is 90.9 Å². The van der Waals surface area contributed by atoms with E-state index < -0.39 is 35.4 Å². The van der Waals surface area contributed by atoms with Crippen LogP contribution in [0.2, 0.25) is 0 Å². The van der Waals surface area contributed by atoms with Crippen LogP contribution in [0.4, 0.5) is 4.39 Å². The molecule has 1 heterocycles. The van der Waals surface area contributed by atoms with Crippen molar-refractivity contribution < 1.29 is 33.0 Å². The Kier molecular flexibility index (Phi) is 7.45. The van der Waals surface area contributed by atoms with Gasteiger partial charge in [0.15, 0.2) is 5.78 Å². The first-order valence-electron chi connectivity index (χ1n) is 10.6. The molecule has 0 radical (unpaired) electrons. The molecule has 0 fully saturated rings. The molecule has 172 valence electrons. The van der Waals surface area contributed by atoms with E-state index in [2.05, 4.69) is 5.32 Å². The summed E-state index contributed by atoms with van der Waals surface area (Å²) in [7, 11) is 1.24. The van der Waals surface area contributed by atoms with E-state index in [0.29, 0.717) is 35.6 Å². The number of hydrogen-bond donors (Lipinski definition) is 1. The van der Waals surface area contributed by atoms with E-state index >= 15 is 0 Å². The van der Waals surface area contributed by atoms with Crippen molar-refractivity contribution in [2.45, 2.75) is 33.1 Å². The highest BCUT2D eigenvalue weighted by Crippen LogP contribution is 2.45. The predicted octanol–water partition coefficient (Wildman–Crippen LogP) is 3.02. The number of methoxy groups -OCH3 is 1. The predicted molar refractivity (Wildman–Crippen MR) is 114 cm³/mol. The van der Waals surface area contributed by atoms with Crippen LogP contribution in [0.5, 0.6) is 0 Å². The monoisotopic (exact) mass is 445 g/mol. The number of hydrogen-bond acceptors (Lipinski definition) is 7. The molecule has 2 aliphatic rings. The summed E-state index contributed by atoms with van der Waals surface area (Å²) in [5.74, 6) is -4.09. The Morgan fingerprint density at radius 1 is 1.19 bits per heavy atom. The van der Waals surface area contributed by atoms with Crippen LogP contribution in [0.1, 0.15) is 38.7 Å². The smallest absolute Gasteiger partial charge is 0.336 e. The van der Waals surface area contributed by atoms with Crippen molar-refractivity contribution >= 4 is 17.7 Å². The molecule has 1 aromatic rings. The molecule has 0 unspecified atom stereocenters. The van der Waals surface area contributed by atoms with E-state index in [-0.39, 0.29) is 24.7 Å². The number of nitrogens with one attached hydrogen (secondary N) is 1. The molecule has 3 rings (SSSR count). The first kappa shape index (κ1) is 23.7. The van der Waals surface area contributed by atoms with Crippen molar-refractivity contribution in [1.82, 2.24) is 5.32 Å². The molecule has 7 nitrogen and oxygen atoms in total. The number of carbonyl (C=O) groups excluding carboxylic acids is 3. The number of halogens is 1. The summed E-state index contributed by atoms with van der Waals surface area (Å²) in [5, 5.41) is 3.18. The Morgan fingerprint density at radius 2 is 1.88 bits per heavy atom. The minimum absolute atomic E-state index is 0.0568. The maximum atomic E-state index is 13.6. The summed E-state index contributed by atoms with van der Waals surface area (Å²) in [5.41, 5.74) is 2.32. The standard InChI is InChI=1S/C24H28FNO6/c1-5-31-10-11-32-24(29)19-14(3)26-17-12-13(2)18(23(28)30-4)22(27)21(17)20(19)15-6-8-16(25)9-7-15/h6-9,13,18,20,26H,5,10-12H2,1-4H3/t13-,18+,20+/m1/s1. The van der Waals surface area contributed by atoms with Crippen molar-refractivity contribution in [1.29, 1.82) is 0 Å². The number of allylic oxidation sites excluding steroid dienone is 3. The fourth-order valence-electron chi connectivity index (χ4n) is 4.36. The first-order valence-corrected chi connectivity index (χ1v) is 10.6. The van der Waals surface area contributed by atoms with Gasteiger partial charge in [-0.3, -0.25) is 9.59 Å². The Balaban J connectivity index is 2.06. The van der Waals surface area contributed by atoms with Crippen LogP contribution in [-0.4, -0.2) is 44.7 Å². The second kappa shape index (κ2) is 10.1. The normalized spacial score (nSPS) is 22.9. The third kappa shape index (κ3) is 4.60. The van der Waals surface area contributed by atoms with E-state index in [1.54, 1.807) is 6.92 Å². The maximum absolute atomic E-state index is 13.6. The summed E-state index contributed by atoms with van der Waals surface area (Å²) >= 11 is 0. The van der Waals surface area contributed by atoms with Gasteiger partial charge in [-0.2, -0.15) is 0 Å². The number of esters is 2. The average Bonchev–Trinajstić information content (AvgIpc) is 2.76. The van der Waals surface area contributed by atoms with Crippen molar-refractivity contribution in [3.8, 4) is 0 Å². The summed E-state index contributed by atoms with van der Waals surface area (Å²) < 4.78 is 29.1. The van der Waals surface area contributed by atoms with Gasteiger partial charge in [0.05, 0.1) is 19.3 Å². The van der Waals surface area contributed by atoms with E-state index in [0.717, 1.165) is 0 Å². The molecule has 1 N–H and O–H groups in total. The van der Waals surface area contributed by atoms with Crippen LogP contribution in [0.15, 0.2) is 46.8 Å². The molecule has 0 amide bonds. The van der Waals surface area contributed by atoms with Gasteiger partial charge in [-0.15, -0.1) is 0 Å². The molecule has 0 saturated heterocycles. The highest BCUT2D eigenvalue weighted by Gasteiger charge is 2.47. The number of benzene rings is 1. The maximum Gasteiger partial charge on any atom is 0.336 e. The third-order valence-electron chi connectivity index (χ3n) is 5.83. The Labute approximate surface area is 186 Å². The van der Waals surface area contributed by atoms with Gasteiger partial charge in [0.25, 0.3) is 0 Å². The summed E-state index contributed by atoms with van der Waals surface area (Å²) in [6.45, 7) is 6.19. The summed E-state index contributed by atoms with van der Waals surface area (Å²) in [6, 6.07) is 5.63. The summed E-state index contributed by atoms with van der Waals surface area (Å²) in [4.78, 5) is 39.0. The fourth-order valence-corrected chi connectivity index (χ4v) is 4.36. The zero-order chi connectivity index (χ0) is 23.4. The van der Waals surface area contributed by atoms with Gasteiger partial charge in [-0.05, 0) is 43.9 Å². The minimum atomic E-state index is -0.975. The lowest BCUT2D eigenvalue weighted by Crippen LogP contribution is -2.43. The van der Waals surface area contributed by atoms with Crippen LogP contribution in [0.3, 0.4) is 0 Å². The van der Waals surface area contributed by atoms with Crippen molar-refractivity contribution in [3.05, 3.63) is 58.2 Å². The quantitative estimate of drug-likeness (QED) is 0.392. The van der Waals surface area contributed by atoms with Crippen LogP contribution >= 0.6 is 0 Å². The molecule has 8 heteroatoms. The van der Waals surface area contributed by atoms with Gasteiger partial charge >= 0.3 is 11.9 Å². The molecule has 1 aliphatic carbocycles. The number of dihydropyridines is 1. The fraction of sp³-hybridized carbons (Fsp3) is 0.458. The van der Waals surface area contributed by atoms with E-state index in [1.165, 1.54) is 31.4 Å². The molecule has 0 spiro atoms. The van der Waals surface area contributed by atoms with Gasteiger partial charge in [0, 0.05) is 29.5 Å². The Morgan fingerprint density at radius 3 is 2.50 bits per heavy atom. The summed E-state index contributed by atoms with van der Waals surface area (Å²) in [6.07, 6.45) is 0.433. The lowest BCUT2D eigenvalue weighted by molar-refractivity contribution is -0.151. The van der Waals surface area contributed by atoms with Crippen LogP contribution in [0.25, 0.3) is 0 Å². The third-order valence-corrected chi connectivity index (χ3v) is 5.83. The zero-order valence-corrected chi connectivity index (χ0v) is 18.7. The minimum Gasteiger partial charge on any atom is -0.468 e. The van der Waals surface area contributed by atoms with Gasteiger partial charge < -0.3 is 19.5 Å². The number of Topliss-reactive ketones (excluding diaryl/α,β-unsaturated/α-hetero) is 1.